The summed E-state index contributed by atoms with van der Waals surface area (Å²) >= 11 is 0. The van der Waals surface area contributed by atoms with E-state index in [-0.39, 0.29) is 13.1 Å². The van der Waals surface area contributed by atoms with Gasteiger partial charge in [-0.2, -0.15) is 0 Å². The van der Waals surface area contributed by atoms with E-state index in [2.05, 4.69) is 0 Å². The normalized spacial score (nSPS) is 4.50. The van der Waals surface area contributed by atoms with E-state index in [1.165, 1.54) is 0 Å². The summed E-state index contributed by atoms with van der Waals surface area (Å²) < 4.78 is 29.0. The molecule has 0 atom stereocenters. The van der Waals surface area contributed by atoms with Crippen LogP contribution in [0.1, 0.15) is 0 Å². The van der Waals surface area contributed by atoms with Crippen molar-refractivity contribution in [1.82, 2.24) is 0 Å². The topological polar surface area (TPSA) is 0 Å². The smallest absolute Gasteiger partial charge is 0.269 e. The van der Waals surface area contributed by atoms with E-state index in [0.717, 1.165) is 0 Å². The third-order valence-electron chi connectivity index (χ3n) is 0. The van der Waals surface area contributed by atoms with Crippen molar-refractivity contribution < 1.29 is 17.7 Å². The van der Waals surface area contributed by atoms with Crippen molar-refractivity contribution in [3.63, 3.8) is 0 Å². The summed E-state index contributed by atoms with van der Waals surface area (Å²) in [5, 5.41) is 0. The Balaban J connectivity index is -0.0000000450. The average molecular weight is 102 g/mol. The van der Waals surface area contributed by atoms with Gasteiger partial charge in [0, 0.05) is 0 Å². The molecule has 0 rings (SSSR count). The molecule has 0 aliphatic heterocycles. The Labute approximate surface area is 34.9 Å². The minimum Gasteiger partial charge on any atom is -0.269 e. The lowest BCUT2D eigenvalue weighted by atomic mass is 10.5. The van der Waals surface area contributed by atoms with Crippen molar-refractivity contribution in [1.29, 1.82) is 0 Å². The van der Waals surface area contributed by atoms with Gasteiger partial charge in [-0.05, 0) is 0 Å². The fourth-order valence-electron chi connectivity index (χ4n) is 0. The standard InChI is InChI=1S/BF3.BH3.FH/c2-1(3)4;;/h;1H3;1H. The first-order valence-corrected chi connectivity index (χ1v) is 0.655. The van der Waals surface area contributed by atoms with Crippen molar-refractivity contribution in [2.24, 2.45) is 0 Å². The first-order valence-electron chi connectivity index (χ1n) is 0.655. The van der Waals surface area contributed by atoms with Crippen LogP contribution in [0, 0.1) is 0 Å². The molecule has 6 heteroatoms. The van der Waals surface area contributed by atoms with E-state index in [0.29, 0.717) is 0 Å². The second-order valence-electron chi connectivity index (χ2n) is 0.247. The molecule has 0 saturated carbocycles. The van der Waals surface area contributed by atoms with Crippen LogP contribution in [0.15, 0.2) is 0 Å². The zero-order chi connectivity index (χ0) is 3.58. The summed E-state index contributed by atoms with van der Waals surface area (Å²) in [4.78, 5) is 0. The molecule has 0 spiro atoms. The summed E-state index contributed by atoms with van der Waals surface area (Å²) in [7, 11) is -3.67. The lowest BCUT2D eigenvalue weighted by Crippen LogP contribution is -1.76. The molecule has 0 unspecified atom stereocenters. The van der Waals surface area contributed by atoms with Crippen LogP contribution in [0.3, 0.4) is 0 Å². The second-order valence-corrected chi connectivity index (χ2v) is 0.247. The highest BCUT2D eigenvalue weighted by atomic mass is 19.4. The average Bonchev–Trinajstić information content (AvgIpc) is 0.811. The summed E-state index contributed by atoms with van der Waals surface area (Å²) in [6.45, 7) is 0. The van der Waals surface area contributed by atoms with E-state index in [9.17, 15) is 12.9 Å². The predicted molar refractivity (Wildman–Crippen MR) is 21.5 cm³/mol. The largest absolute Gasteiger partial charge is 0.762 e. The number of hydrogen-bond acceptors (Lipinski definition) is 0. The molecule has 0 N–H and O–H groups in total. The highest BCUT2D eigenvalue weighted by Gasteiger charge is 2.06. The molecule has 0 aliphatic rings. The monoisotopic (exact) mass is 102 g/mol. The summed E-state index contributed by atoms with van der Waals surface area (Å²) in [5.74, 6) is 0. The van der Waals surface area contributed by atoms with Crippen LogP contribution in [0.25, 0.3) is 0 Å². The van der Waals surface area contributed by atoms with Crippen molar-refractivity contribution in [3.8, 4) is 0 Å². The fourth-order valence-corrected chi connectivity index (χ4v) is 0. The highest BCUT2D eigenvalue weighted by Crippen LogP contribution is 1.80. The molecule has 0 heterocycles. The van der Waals surface area contributed by atoms with Crippen LogP contribution < -0.4 is 0 Å². The number of halogens is 4. The van der Waals surface area contributed by atoms with E-state index in [4.69, 9.17) is 0 Å². The van der Waals surface area contributed by atoms with Gasteiger partial charge in [-0.25, -0.2) is 0 Å². The lowest BCUT2D eigenvalue weighted by molar-refractivity contribution is 0.535. The Morgan fingerprint density at radius 3 is 1.00 bits per heavy atom. The SMILES string of the molecule is B.F.FB(F)F. The Morgan fingerprint density at radius 1 is 1.00 bits per heavy atom. The van der Waals surface area contributed by atoms with Gasteiger partial charge in [-0.15, -0.1) is 0 Å². The zero-order valence-electron chi connectivity index (χ0n) is 2.12. The molecule has 0 bridgehead atoms. The van der Waals surface area contributed by atoms with E-state index in [1.807, 2.05) is 0 Å². The van der Waals surface area contributed by atoms with Gasteiger partial charge in [0.05, 0.1) is 8.41 Å². The maximum atomic E-state index is 9.67. The van der Waals surface area contributed by atoms with Crippen molar-refractivity contribution >= 4 is 16.0 Å². The summed E-state index contributed by atoms with van der Waals surface area (Å²) in [6.07, 6.45) is 0. The molecule has 38 valence electrons. The molecule has 0 aromatic rings. The van der Waals surface area contributed by atoms with Crippen LogP contribution in [0.4, 0.5) is 17.7 Å². The Hall–Kier alpha value is -0.150. The van der Waals surface area contributed by atoms with Crippen LogP contribution in [0.2, 0.25) is 0 Å². The second kappa shape index (κ2) is 8.85. The molecule has 0 amide bonds. The van der Waals surface area contributed by atoms with Gasteiger partial charge < -0.3 is 0 Å². The maximum absolute atomic E-state index is 9.67. The minimum absolute atomic E-state index is 0. The van der Waals surface area contributed by atoms with Crippen molar-refractivity contribution in [2.45, 2.75) is 0 Å². The van der Waals surface area contributed by atoms with Crippen LogP contribution in [0.5, 0.6) is 0 Å². The van der Waals surface area contributed by atoms with E-state index in [1.54, 1.807) is 0 Å². The van der Waals surface area contributed by atoms with Gasteiger partial charge in [0.25, 0.3) is 0 Å². The van der Waals surface area contributed by atoms with E-state index >= 15 is 0 Å². The predicted octanol–water partition coefficient (Wildman–Crippen LogP) is -0.152. The molecular formula is H4B2F4. The summed E-state index contributed by atoms with van der Waals surface area (Å²) in [6, 6.07) is 0. The van der Waals surface area contributed by atoms with Crippen LogP contribution in [-0.2, 0) is 0 Å². The van der Waals surface area contributed by atoms with Gasteiger partial charge in [-0.1, -0.05) is 0 Å². The van der Waals surface area contributed by atoms with Gasteiger partial charge in [0.1, 0.15) is 0 Å². The van der Waals surface area contributed by atoms with E-state index < -0.39 is 7.54 Å². The first-order chi connectivity index (χ1) is 1.73. The summed E-state index contributed by atoms with van der Waals surface area (Å²) in [5.41, 5.74) is 0. The molecule has 0 aromatic carbocycles. The number of hydrogen-bond donors (Lipinski definition) is 0. The zero-order valence-corrected chi connectivity index (χ0v) is 2.12. The van der Waals surface area contributed by atoms with Crippen molar-refractivity contribution in [2.75, 3.05) is 0 Å². The maximum Gasteiger partial charge on any atom is 0.762 e. The van der Waals surface area contributed by atoms with Crippen LogP contribution >= 0.6 is 0 Å². The lowest BCUT2D eigenvalue weighted by Gasteiger charge is -1.55. The molecule has 0 nitrogen and oxygen atoms in total. The third kappa shape index (κ3) is 1390. The van der Waals surface area contributed by atoms with Crippen molar-refractivity contribution in [3.05, 3.63) is 0 Å². The highest BCUT2D eigenvalue weighted by molar-refractivity contribution is 6.33. The molecule has 0 aromatic heterocycles. The third-order valence-corrected chi connectivity index (χ3v) is 0. The molecule has 0 radical (unpaired) electrons. The van der Waals surface area contributed by atoms with Gasteiger partial charge in [-0.3, -0.25) is 17.7 Å². The molecule has 0 aliphatic carbocycles. The molecule has 0 fully saturated rings. The number of rotatable bonds is 0. The van der Waals surface area contributed by atoms with Gasteiger partial charge in [0.2, 0.25) is 0 Å². The molecular weight excluding hydrogens is 97.6 g/mol. The molecule has 6 heavy (non-hydrogen) atoms. The fraction of sp³-hybridized carbons (Fsp3) is 0. The van der Waals surface area contributed by atoms with Gasteiger partial charge >= 0.3 is 7.54 Å². The molecule has 0 saturated heterocycles. The van der Waals surface area contributed by atoms with Gasteiger partial charge in [0.15, 0.2) is 0 Å². The Morgan fingerprint density at radius 2 is 1.00 bits per heavy atom. The quantitative estimate of drug-likeness (QED) is 0.294. The minimum atomic E-state index is -3.67. The Kier molecular flexibility index (Phi) is 25.0. The Bertz CT molecular complexity index is 10.3. The first kappa shape index (κ1) is 16.9. The van der Waals surface area contributed by atoms with Crippen LogP contribution in [-0.4, -0.2) is 16.0 Å².